The maximum Gasteiger partial charge on any atom is 0.335 e. The fraction of sp³-hybridized carbons (Fsp3) is 0.250. The van der Waals surface area contributed by atoms with Crippen LogP contribution in [0.1, 0.15) is 44.9 Å². The lowest BCUT2D eigenvalue weighted by Gasteiger charge is -2.15. The van der Waals surface area contributed by atoms with Gasteiger partial charge >= 0.3 is 5.97 Å². The van der Waals surface area contributed by atoms with Crippen molar-refractivity contribution in [3.8, 4) is 0 Å². The molecule has 0 fully saturated rings. The number of nitrogens with one attached hydrogen (secondary N) is 1. The van der Waals surface area contributed by atoms with Crippen LogP contribution >= 0.6 is 0 Å². The summed E-state index contributed by atoms with van der Waals surface area (Å²) in [5.74, 6) is -1.53. The second kappa shape index (κ2) is 5.93. The van der Waals surface area contributed by atoms with Gasteiger partial charge in [-0.25, -0.2) is 4.79 Å². The lowest BCUT2D eigenvalue weighted by molar-refractivity contribution is 0.0696. The van der Waals surface area contributed by atoms with E-state index in [0.717, 1.165) is 36.9 Å². The van der Waals surface area contributed by atoms with Crippen LogP contribution in [0.15, 0.2) is 30.6 Å². The molecule has 0 radical (unpaired) electrons. The quantitative estimate of drug-likeness (QED) is 0.907. The van der Waals surface area contributed by atoms with Gasteiger partial charge in [-0.3, -0.25) is 14.8 Å². The number of hydrogen-bond donors (Lipinski definition) is 2. The number of fused-ring (bicyclic) bond motifs is 1. The molecule has 22 heavy (non-hydrogen) atoms. The van der Waals surface area contributed by atoms with E-state index in [1.165, 1.54) is 18.3 Å². The minimum absolute atomic E-state index is 0.0312. The molecule has 2 aromatic rings. The predicted octanol–water partition coefficient (Wildman–Crippen LogP) is 2.31. The molecule has 0 unspecified atom stereocenters. The molecule has 0 aliphatic heterocycles. The summed E-state index contributed by atoms with van der Waals surface area (Å²) in [4.78, 5) is 31.4. The van der Waals surface area contributed by atoms with Crippen LogP contribution in [-0.2, 0) is 12.8 Å². The molecule has 0 saturated carbocycles. The minimum atomic E-state index is -1.09. The third-order valence-corrected chi connectivity index (χ3v) is 3.67. The van der Waals surface area contributed by atoms with Gasteiger partial charge in [-0.2, -0.15) is 0 Å². The van der Waals surface area contributed by atoms with Gasteiger partial charge in [-0.15, -0.1) is 0 Å². The Hall–Kier alpha value is -2.76. The first kappa shape index (κ1) is 14.2. The zero-order chi connectivity index (χ0) is 15.5. The maximum atomic E-state index is 12.2. The summed E-state index contributed by atoms with van der Waals surface area (Å²) in [6, 6.07) is 4.53. The Bertz CT molecular complexity index is 743. The van der Waals surface area contributed by atoms with Crippen molar-refractivity contribution in [3.63, 3.8) is 0 Å². The van der Waals surface area contributed by atoms with E-state index in [1.54, 1.807) is 6.20 Å². The Kier molecular flexibility index (Phi) is 3.82. The average Bonchev–Trinajstić information content (AvgIpc) is 2.55. The van der Waals surface area contributed by atoms with Gasteiger partial charge in [0, 0.05) is 11.9 Å². The van der Waals surface area contributed by atoms with Crippen LogP contribution in [-0.4, -0.2) is 27.0 Å². The number of nitrogens with zero attached hydrogens (tertiary/aromatic N) is 2. The van der Waals surface area contributed by atoms with E-state index in [4.69, 9.17) is 5.11 Å². The van der Waals surface area contributed by atoms with Crippen LogP contribution in [0, 0.1) is 0 Å². The Balaban J connectivity index is 1.79. The number of pyridine rings is 2. The van der Waals surface area contributed by atoms with E-state index in [9.17, 15) is 9.59 Å². The summed E-state index contributed by atoms with van der Waals surface area (Å²) >= 11 is 0. The van der Waals surface area contributed by atoms with E-state index >= 15 is 0 Å². The highest BCUT2D eigenvalue weighted by atomic mass is 16.4. The van der Waals surface area contributed by atoms with Crippen LogP contribution in [0.2, 0.25) is 0 Å². The number of hydrogen-bond acceptors (Lipinski definition) is 4. The van der Waals surface area contributed by atoms with Crippen LogP contribution in [0.4, 0.5) is 5.69 Å². The summed E-state index contributed by atoms with van der Waals surface area (Å²) < 4.78 is 0. The van der Waals surface area contributed by atoms with Crippen molar-refractivity contribution < 1.29 is 14.7 Å². The number of aryl methyl sites for hydroxylation is 2. The molecule has 0 bridgehead atoms. The first-order valence-corrected chi connectivity index (χ1v) is 7.12. The minimum Gasteiger partial charge on any atom is -0.478 e. The topological polar surface area (TPSA) is 92.2 Å². The number of carbonyl (C=O) groups is 2. The summed E-state index contributed by atoms with van der Waals surface area (Å²) in [7, 11) is 0. The van der Waals surface area contributed by atoms with Crippen LogP contribution < -0.4 is 5.32 Å². The molecule has 2 heterocycles. The number of aromatic carboxylic acids is 1. The Morgan fingerprint density at radius 1 is 1.14 bits per heavy atom. The normalized spacial score (nSPS) is 13.3. The van der Waals surface area contributed by atoms with Crippen molar-refractivity contribution >= 4 is 17.6 Å². The molecule has 0 atom stereocenters. The number of aromatic nitrogens is 2. The molecule has 1 aliphatic carbocycles. The molecule has 0 spiro atoms. The van der Waals surface area contributed by atoms with Crippen LogP contribution in [0.25, 0.3) is 0 Å². The molecular formula is C16H15N3O3. The number of anilines is 1. The molecule has 2 N–H and O–H groups in total. The third-order valence-electron chi connectivity index (χ3n) is 3.67. The van der Waals surface area contributed by atoms with Crippen LogP contribution in [0.3, 0.4) is 0 Å². The van der Waals surface area contributed by atoms with Gasteiger partial charge in [0.15, 0.2) is 0 Å². The standard InChI is InChI=1S/C16H15N3O3/c20-15(14-8-11(16(21)22)5-6-17-14)19-12-7-10-3-1-2-4-13(10)18-9-12/h5-9H,1-4H2,(H,19,20)(H,21,22). The lowest BCUT2D eigenvalue weighted by atomic mass is 9.96. The van der Waals surface area contributed by atoms with Gasteiger partial charge in [0.1, 0.15) is 5.69 Å². The molecular weight excluding hydrogens is 282 g/mol. The largest absolute Gasteiger partial charge is 0.478 e. The highest BCUT2D eigenvalue weighted by Crippen LogP contribution is 2.22. The van der Waals surface area contributed by atoms with E-state index in [0.29, 0.717) is 5.69 Å². The lowest BCUT2D eigenvalue weighted by Crippen LogP contribution is -2.16. The molecule has 1 amide bonds. The Morgan fingerprint density at radius 3 is 2.77 bits per heavy atom. The summed E-state index contributed by atoms with van der Waals surface area (Å²) in [6.45, 7) is 0. The zero-order valence-electron chi connectivity index (χ0n) is 11.9. The average molecular weight is 297 g/mol. The van der Waals surface area contributed by atoms with Crippen molar-refractivity contribution in [1.29, 1.82) is 0 Å². The molecule has 2 aromatic heterocycles. The van der Waals surface area contributed by atoms with Gasteiger partial charge in [0.05, 0.1) is 17.4 Å². The highest BCUT2D eigenvalue weighted by molar-refractivity contribution is 6.04. The fourth-order valence-electron chi connectivity index (χ4n) is 2.54. The van der Waals surface area contributed by atoms with E-state index in [2.05, 4.69) is 15.3 Å². The summed E-state index contributed by atoms with van der Waals surface area (Å²) in [5, 5.41) is 11.7. The van der Waals surface area contributed by atoms with E-state index in [-0.39, 0.29) is 11.3 Å². The Labute approximate surface area is 127 Å². The SMILES string of the molecule is O=C(O)c1ccnc(C(=O)Nc2cnc3c(c2)CCCC3)c1. The fourth-order valence-corrected chi connectivity index (χ4v) is 2.54. The van der Waals surface area contributed by atoms with Crippen molar-refractivity contribution in [3.05, 3.63) is 53.1 Å². The first-order chi connectivity index (χ1) is 10.6. The van der Waals surface area contributed by atoms with Gasteiger partial charge in [0.2, 0.25) is 0 Å². The van der Waals surface area contributed by atoms with Gasteiger partial charge in [0.25, 0.3) is 5.91 Å². The maximum absolute atomic E-state index is 12.2. The van der Waals surface area contributed by atoms with Gasteiger partial charge in [-0.1, -0.05) is 0 Å². The van der Waals surface area contributed by atoms with Gasteiger partial charge < -0.3 is 10.4 Å². The van der Waals surface area contributed by atoms with E-state index in [1.807, 2.05) is 6.07 Å². The van der Waals surface area contributed by atoms with Crippen molar-refractivity contribution in [1.82, 2.24) is 9.97 Å². The molecule has 6 nitrogen and oxygen atoms in total. The number of amides is 1. The van der Waals surface area contributed by atoms with Crippen LogP contribution in [0.5, 0.6) is 0 Å². The molecule has 3 rings (SSSR count). The molecule has 0 saturated heterocycles. The van der Waals surface area contributed by atoms with Gasteiger partial charge in [-0.05, 0) is 49.4 Å². The predicted molar refractivity (Wildman–Crippen MR) is 80.0 cm³/mol. The highest BCUT2D eigenvalue weighted by Gasteiger charge is 2.14. The number of carbonyl (C=O) groups excluding carboxylic acids is 1. The van der Waals surface area contributed by atoms with Crippen molar-refractivity contribution in [2.75, 3.05) is 5.32 Å². The number of carboxylic acid groups (broad SMARTS) is 1. The monoisotopic (exact) mass is 297 g/mol. The van der Waals surface area contributed by atoms with Crippen molar-refractivity contribution in [2.24, 2.45) is 0 Å². The Morgan fingerprint density at radius 2 is 1.95 bits per heavy atom. The zero-order valence-corrected chi connectivity index (χ0v) is 11.9. The van der Waals surface area contributed by atoms with Crippen molar-refractivity contribution in [2.45, 2.75) is 25.7 Å². The molecule has 0 aromatic carbocycles. The summed E-state index contributed by atoms with van der Waals surface area (Å²) in [6.07, 6.45) is 7.17. The first-order valence-electron chi connectivity index (χ1n) is 7.12. The molecule has 6 heteroatoms. The number of rotatable bonds is 3. The molecule has 112 valence electrons. The van der Waals surface area contributed by atoms with E-state index < -0.39 is 11.9 Å². The second-order valence-corrected chi connectivity index (χ2v) is 5.23. The third kappa shape index (κ3) is 2.95. The second-order valence-electron chi connectivity index (χ2n) is 5.23. The number of carboxylic acids is 1. The molecule has 1 aliphatic rings. The summed E-state index contributed by atoms with van der Waals surface area (Å²) in [5.41, 5.74) is 2.96. The smallest absolute Gasteiger partial charge is 0.335 e.